The van der Waals surface area contributed by atoms with E-state index in [2.05, 4.69) is 15.9 Å². The summed E-state index contributed by atoms with van der Waals surface area (Å²) in [6, 6.07) is 0. The molecule has 4 nitrogen and oxygen atoms in total. The van der Waals surface area contributed by atoms with Gasteiger partial charge in [0.25, 0.3) is 10.1 Å². The molecule has 0 aromatic rings. The molecule has 94 valence electrons. The van der Waals surface area contributed by atoms with E-state index in [4.69, 9.17) is 4.55 Å². The van der Waals surface area contributed by atoms with Crippen LogP contribution in [-0.2, 0) is 14.9 Å². The van der Waals surface area contributed by atoms with Crippen LogP contribution >= 0.6 is 15.9 Å². The van der Waals surface area contributed by atoms with Gasteiger partial charge in [-0.25, -0.2) is 0 Å². The number of carbonyl (C=O) groups is 1. The molecule has 0 aromatic heterocycles. The van der Waals surface area contributed by atoms with Crippen LogP contribution < -0.4 is 51.4 Å². The first-order chi connectivity index (χ1) is 7.12. The van der Waals surface area contributed by atoms with Gasteiger partial charge in [-0.3, -0.25) is 9.35 Å². The Hall–Kier alpha value is 1.70. The molecule has 0 amide bonds. The van der Waals surface area contributed by atoms with Crippen LogP contribution in [0.3, 0.4) is 0 Å². The molecule has 0 radical (unpaired) electrons. The molecular formula is C10H16BrKO4S. The van der Waals surface area contributed by atoms with Crippen molar-refractivity contribution in [2.45, 2.75) is 31.5 Å². The van der Waals surface area contributed by atoms with E-state index in [0.717, 1.165) is 6.42 Å². The van der Waals surface area contributed by atoms with E-state index in [1.54, 1.807) is 0 Å². The Balaban J connectivity index is 0.00000144. The van der Waals surface area contributed by atoms with E-state index >= 15 is 0 Å². The Labute approximate surface area is 154 Å². The van der Waals surface area contributed by atoms with Crippen molar-refractivity contribution in [2.24, 2.45) is 16.7 Å². The van der Waals surface area contributed by atoms with Crippen LogP contribution in [0.2, 0.25) is 0 Å². The molecule has 2 bridgehead atoms. The summed E-state index contributed by atoms with van der Waals surface area (Å²) in [6.45, 7) is 3.85. The van der Waals surface area contributed by atoms with Gasteiger partial charge in [0, 0.05) is 0 Å². The summed E-state index contributed by atoms with van der Waals surface area (Å²) in [4.78, 5) is 11.9. The molecule has 3 unspecified atom stereocenters. The maximum absolute atomic E-state index is 12.2. The van der Waals surface area contributed by atoms with Gasteiger partial charge in [-0.1, -0.05) is 29.8 Å². The maximum Gasteiger partial charge on any atom is 1.00 e. The second-order valence-electron chi connectivity index (χ2n) is 5.44. The number of ketones is 1. The van der Waals surface area contributed by atoms with E-state index in [1.807, 2.05) is 13.8 Å². The summed E-state index contributed by atoms with van der Waals surface area (Å²) in [5.74, 6) is -0.335. The molecule has 0 aliphatic heterocycles. The topological polar surface area (TPSA) is 71.4 Å². The molecule has 0 spiro atoms. The zero-order valence-electron chi connectivity index (χ0n) is 11.2. The van der Waals surface area contributed by atoms with Gasteiger partial charge in [-0.15, -0.1) is 0 Å². The Morgan fingerprint density at radius 2 is 2.06 bits per heavy atom. The van der Waals surface area contributed by atoms with Gasteiger partial charge >= 0.3 is 51.4 Å². The first-order valence-corrected chi connectivity index (χ1v) is 7.78. The van der Waals surface area contributed by atoms with Gasteiger partial charge in [-0.05, 0) is 24.2 Å². The van der Waals surface area contributed by atoms with E-state index in [9.17, 15) is 13.2 Å². The zero-order chi connectivity index (χ0) is 12.4. The van der Waals surface area contributed by atoms with Gasteiger partial charge in [0.05, 0.1) is 16.0 Å². The fourth-order valence-electron chi connectivity index (χ4n) is 3.48. The van der Waals surface area contributed by atoms with Crippen molar-refractivity contribution in [3.63, 3.8) is 0 Å². The number of rotatable bonds is 2. The summed E-state index contributed by atoms with van der Waals surface area (Å²) in [5, 5.41) is 0. The third-order valence-electron chi connectivity index (χ3n) is 4.55. The van der Waals surface area contributed by atoms with Crippen LogP contribution in [0.4, 0.5) is 0 Å². The molecule has 2 rings (SSSR count). The monoisotopic (exact) mass is 350 g/mol. The maximum atomic E-state index is 12.2. The minimum atomic E-state index is -4.12. The molecule has 0 aromatic carbocycles. The average Bonchev–Trinajstić information content (AvgIpc) is 2.39. The minimum absolute atomic E-state index is 0. The van der Waals surface area contributed by atoms with Gasteiger partial charge in [0.2, 0.25) is 0 Å². The van der Waals surface area contributed by atoms with E-state index < -0.39 is 21.3 Å². The number of Topliss-reactive ketones (excluding diaryl/α,β-unsaturated/α-hetero) is 1. The predicted octanol–water partition coefficient (Wildman–Crippen LogP) is -1.24. The Morgan fingerprint density at radius 1 is 1.53 bits per heavy atom. The SMILES string of the molecule is CC1(C)C2CCC1(CS(=O)(=O)O)C(=O)C2Br.[H-].[K+]. The van der Waals surface area contributed by atoms with E-state index in [0.29, 0.717) is 6.42 Å². The number of fused-ring (bicyclic) bond motifs is 2. The molecule has 7 heteroatoms. The fraction of sp³-hybridized carbons (Fsp3) is 0.900. The summed E-state index contributed by atoms with van der Waals surface area (Å²) in [7, 11) is -4.12. The molecule has 0 heterocycles. The Bertz CT molecular complexity index is 453. The summed E-state index contributed by atoms with van der Waals surface area (Å²) in [5.41, 5.74) is -1.27. The van der Waals surface area contributed by atoms with E-state index in [1.165, 1.54) is 0 Å². The fourth-order valence-corrected chi connectivity index (χ4v) is 6.12. The average molecular weight is 351 g/mol. The van der Waals surface area contributed by atoms with Crippen LogP contribution in [-0.4, -0.2) is 29.3 Å². The molecule has 3 atom stereocenters. The predicted molar refractivity (Wildman–Crippen MR) is 64.2 cm³/mol. The minimum Gasteiger partial charge on any atom is -1.00 e. The third kappa shape index (κ3) is 2.39. The first-order valence-electron chi connectivity index (χ1n) is 5.25. The zero-order valence-corrected chi connectivity index (χ0v) is 15.8. The van der Waals surface area contributed by atoms with E-state index in [-0.39, 0.29) is 74.8 Å². The molecule has 1 N–H and O–H groups in total. The molecule has 2 aliphatic carbocycles. The van der Waals surface area contributed by atoms with Crippen molar-refractivity contribution in [1.29, 1.82) is 0 Å². The van der Waals surface area contributed by atoms with Crippen LogP contribution in [0.5, 0.6) is 0 Å². The Morgan fingerprint density at radius 3 is 2.41 bits per heavy atom. The summed E-state index contributed by atoms with van der Waals surface area (Å²) >= 11 is 3.35. The van der Waals surface area contributed by atoms with Crippen molar-refractivity contribution < 1.29 is 70.6 Å². The van der Waals surface area contributed by atoms with Gasteiger partial charge in [0.1, 0.15) is 0 Å². The van der Waals surface area contributed by atoms with Crippen LogP contribution in [0.25, 0.3) is 0 Å². The molecule has 17 heavy (non-hydrogen) atoms. The number of hydrogen-bond donors (Lipinski definition) is 1. The first kappa shape index (κ1) is 16.7. The second kappa shape index (κ2) is 4.91. The molecule has 2 aliphatic rings. The third-order valence-corrected chi connectivity index (χ3v) is 6.46. The van der Waals surface area contributed by atoms with Gasteiger partial charge < -0.3 is 1.43 Å². The van der Waals surface area contributed by atoms with Crippen molar-refractivity contribution in [3.8, 4) is 0 Å². The van der Waals surface area contributed by atoms with Gasteiger partial charge in [0.15, 0.2) is 5.78 Å². The van der Waals surface area contributed by atoms with Crippen molar-refractivity contribution in [1.82, 2.24) is 0 Å². The molecule has 2 fully saturated rings. The largest absolute Gasteiger partial charge is 1.00 e. The molecule has 2 saturated carbocycles. The number of carbonyl (C=O) groups excluding carboxylic acids is 1. The Kier molecular flexibility index (Phi) is 4.84. The number of hydrogen-bond acceptors (Lipinski definition) is 3. The quantitative estimate of drug-likeness (QED) is 0.384. The smallest absolute Gasteiger partial charge is 1.00 e. The van der Waals surface area contributed by atoms with Crippen molar-refractivity contribution in [3.05, 3.63) is 0 Å². The van der Waals surface area contributed by atoms with Crippen molar-refractivity contribution >= 4 is 31.8 Å². The van der Waals surface area contributed by atoms with Crippen LogP contribution in [0.15, 0.2) is 0 Å². The van der Waals surface area contributed by atoms with Gasteiger partial charge in [-0.2, -0.15) is 8.42 Å². The van der Waals surface area contributed by atoms with Crippen LogP contribution in [0.1, 0.15) is 28.1 Å². The second-order valence-corrected chi connectivity index (χ2v) is 7.88. The van der Waals surface area contributed by atoms with Crippen LogP contribution in [0, 0.1) is 16.7 Å². The van der Waals surface area contributed by atoms with Crippen molar-refractivity contribution in [2.75, 3.05) is 5.75 Å². The normalized spacial score (nSPS) is 39.2. The number of halogens is 1. The molecule has 0 saturated heterocycles. The molecular weight excluding hydrogens is 335 g/mol. The standard InChI is InChI=1S/C10H15BrO4S.K.H/c1-9(2)6-3-4-10(9,5-16(13,14)15)8(12)7(6)11;;/h6-7H,3-5H2,1-2H3,(H,13,14,15);;/q;+1;-1. The number of alkyl halides is 1. The summed E-state index contributed by atoms with van der Waals surface area (Å²) < 4.78 is 31.2. The summed E-state index contributed by atoms with van der Waals surface area (Å²) in [6.07, 6.45) is 1.40.